The van der Waals surface area contributed by atoms with Crippen LogP contribution >= 0.6 is 0 Å². The summed E-state index contributed by atoms with van der Waals surface area (Å²) in [5.74, 6) is 4.99. The summed E-state index contributed by atoms with van der Waals surface area (Å²) in [6, 6.07) is 0. The van der Waals surface area contributed by atoms with Crippen LogP contribution in [-0.4, -0.2) is 114 Å². The van der Waals surface area contributed by atoms with Crippen LogP contribution in [0.25, 0.3) is 0 Å². The Labute approximate surface area is 245 Å². The third-order valence-corrected chi connectivity index (χ3v) is 13.1. The van der Waals surface area contributed by atoms with Crippen molar-refractivity contribution in [2.45, 2.75) is 75.0 Å². The molecular weight excluding hydrogens is 516 g/mol. The Morgan fingerprint density at radius 3 is 1.15 bits per heavy atom. The Morgan fingerprint density at radius 1 is 0.366 bits per heavy atom. The number of fused-ring (bicyclic) bond motifs is 20. The van der Waals surface area contributed by atoms with Crippen molar-refractivity contribution in [3.63, 3.8) is 0 Å². The first-order chi connectivity index (χ1) is 20.2. The molecule has 12 heteroatoms. The summed E-state index contributed by atoms with van der Waals surface area (Å²) in [5, 5.41) is 44.3. The molecule has 9 aliphatic heterocycles. The fourth-order valence-electron chi connectivity index (χ4n) is 11.1. The highest BCUT2D eigenvalue weighted by atomic mass is 15.5. The first-order valence-electron chi connectivity index (χ1n) is 17.1. The van der Waals surface area contributed by atoms with E-state index >= 15 is 0 Å². The molecule has 9 rings (SSSR count). The zero-order valence-electron chi connectivity index (χ0n) is 24.7. The lowest BCUT2D eigenvalue weighted by molar-refractivity contribution is 0.116. The van der Waals surface area contributed by atoms with Gasteiger partial charge in [0.2, 0.25) is 0 Å². The minimum atomic E-state index is 0.313. The van der Waals surface area contributed by atoms with Crippen LogP contribution in [0.4, 0.5) is 0 Å². The molecule has 12 nitrogen and oxygen atoms in total. The molecule has 230 valence electrons. The third-order valence-electron chi connectivity index (χ3n) is 13.1. The zero-order valence-corrected chi connectivity index (χ0v) is 24.7. The van der Waals surface area contributed by atoms with E-state index in [1.165, 1.54) is 25.7 Å². The number of hydrogen-bond acceptors (Lipinski definition) is 12. The van der Waals surface area contributed by atoms with Crippen molar-refractivity contribution in [2.24, 2.45) is 47.3 Å². The van der Waals surface area contributed by atoms with Crippen molar-refractivity contribution in [3.8, 4) is 0 Å². The van der Waals surface area contributed by atoms with Crippen LogP contribution in [0.3, 0.4) is 0 Å². The van der Waals surface area contributed by atoms with Crippen LogP contribution in [0.2, 0.25) is 0 Å². The van der Waals surface area contributed by atoms with E-state index < -0.39 is 0 Å². The maximum Gasteiger partial charge on any atom is 0.0664 e. The number of rotatable bonds is 0. The lowest BCUT2D eigenvalue weighted by Gasteiger charge is -2.36. The van der Waals surface area contributed by atoms with Gasteiger partial charge < -0.3 is 21.3 Å². The first kappa shape index (κ1) is 26.9. The summed E-state index contributed by atoms with van der Waals surface area (Å²) >= 11 is 0. The van der Waals surface area contributed by atoms with Crippen LogP contribution in [0.15, 0.2) is 0 Å². The number of nitrogens with zero attached hydrogens (tertiary/aromatic N) is 1. The maximum absolute atomic E-state index is 4.26. The highest BCUT2D eigenvalue weighted by molar-refractivity contribution is 5.09. The normalized spacial score (nSPS) is 57.0. The molecule has 0 saturated carbocycles. The van der Waals surface area contributed by atoms with Gasteiger partial charge in [-0.1, -0.05) is 0 Å². The fourth-order valence-corrected chi connectivity index (χ4v) is 11.1. The van der Waals surface area contributed by atoms with Gasteiger partial charge in [0, 0.05) is 49.9 Å². The van der Waals surface area contributed by atoms with E-state index in [4.69, 9.17) is 0 Å². The summed E-state index contributed by atoms with van der Waals surface area (Å²) in [7, 11) is 2.38. The van der Waals surface area contributed by atoms with E-state index in [0.29, 0.717) is 96.7 Å². The summed E-state index contributed by atoms with van der Waals surface area (Å²) in [6.07, 6.45) is 7.63. The van der Waals surface area contributed by atoms with Crippen LogP contribution in [0, 0.1) is 47.3 Å². The van der Waals surface area contributed by atoms with E-state index in [9.17, 15) is 0 Å². The van der Waals surface area contributed by atoms with Gasteiger partial charge in [0.05, 0.1) is 49.3 Å². The average molecular weight is 571 g/mol. The summed E-state index contributed by atoms with van der Waals surface area (Å²) in [6.45, 7) is 8.91. The van der Waals surface area contributed by atoms with Crippen LogP contribution in [0.1, 0.15) is 25.7 Å². The van der Waals surface area contributed by atoms with E-state index in [2.05, 4.69) is 70.4 Å². The van der Waals surface area contributed by atoms with Crippen molar-refractivity contribution in [2.75, 3.05) is 59.4 Å². The van der Waals surface area contributed by atoms with Crippen molar-refractivity contribution in [1.82, 2.24) is 63.4 Å². The molecule has 0 aromatic heterocycles. The van der Waals surface area contributed by atoms with Gasteiger partial charge in [-0.3, -0.25) is 42.1 Å². The van der Waals surface area contributed by atoms with Gasteiger partial charge in [-0.25, -0.2) is 0 Å². The van der Waals surface area contributed by atoms with E-state index in [1.807, 2.05) is 0 Å². The molecule has 41 heavy (non-hydrogen) atoms. The molecule has 9 aliphatic rings. The average Bonchev–Trinajstić information content (AvgIpc) is 3.72. The number of piperidine rings is 4. The van der Waals surface area contributed by atoms with E-state index in [0.717, 1.165) is 52.4 Å². The number of hydrogen-bond donors (Lipinski definition) is 11. The molecule has 0 aromatic rings. The number of nitrogens with one attached hydrogen (secondary N) is 11. The Morgan fingerprint density at radius 2 is 0.683 bits per heavy atom. The molecule has 9 fully saturated rings. The topological polar surface area (TPSA) is 136 Å². The lowest BCUT2D eigenvalue weighted by Crippen LogP contribution is -2.62. The predicted molar refractivity (Wildman–Crippen MR) is 158 cm³/mol. The molecule has 9 heterocycles. The van der Waals surface area contributed by atoms with Crippen LogP contribution < -0.4 is 58.5 Å². The highest BCUT2D eigenvalue weighted by Crippen LogP contribution is 2.41. The summed E-state index contributed by atoms with van der Waals surface area (Å²) in [4.78, 5) is 2.67. The minimum Gasteiger partial charge on any atom is -0.316 e. The first-order valence-corrected chi connectivity index (χ1v) is 17.1. The quantitative estimate of drug-likeness (QED) is 0.142. The molecule has 0 radical (unpaired) electrons. The lowest BCUT2D eigenvalue weighted by atomic mass is 9.83. The molecule has 16 atom stereocenters. The van der Waals surface area contributed by atoms with Gasteiger partial charge in [0.15, 0.2) is 0 Å². The maximum atomic E-state index is 4.26. The van der Waals surface area contributed by atoms with Gasteiger partial charge in [-0.05, 0) is 82.6 Å². The predicted octanol–water partition coefficient (Wildman–Crippen LogP) is -3.38. The molecule has 0 spiro atoms. The Balaban J connectivity index is 1.07. The third kappa shape index (κ3) is 4.47. The second-order valence-electron chi connectivity index (χ2n) is 14.9. The minimum absolute atomic E-state index is 0.313. The second-order valence-corrected chi connectivity index (χ2v) is 14.9. The van der Waals surface area contributed by atoms with Crippen LogP contribution in [0.5, 0.6) is 0 Å². The van der Waals surface area contributed by atoms with Gasteiger partial charge in [0.25, 0.3) is 0 Å². The Hall–Kier alpha value is -0.480. The zero-order chi connectivity index (χ0) is 27.1. The van der Waals surface area contributed by atoms with E-state index in [1.54, 1.807) is 0 Å². The largest absolute Gasteiger partial charge is 0.316 e. The van der Waals surface area contributed by atoms with Crippen molar-refractivity contribution in [1.29, 1.82) is 0 Å². The van der Waals surface area contributed by atoms with E-state index in [-0.39, 0.29) is 0 Å². The van der Waals surface area contributed by atoms with Crippen molar-refractivity contribution in [3.05, 3.63) is 0 Å². The molecule has 8 bridgehead atoms. The van der Waals surface area contributed by atoms with Crippen LogP contribution in [-0.2, 0) is 0 Å². The summed E-state index contributed by atoms with van der Waals surface area (Å²) < 4.78 is 0. The molecule has 16 unspecified atom stereocenters. The SMILES string of the molecule is CN1C2NC3NC(NC4NC(NC5NC(NC1C1CNCCC12)C1CCNCC51)C1CCNCC41)C1CCNCC31. The Bertz CT molecular complexity index is 883. The van der Waals surface area contributed by atoms with Gasteiger partial charge in [-0.15, -0.1) is 0 Å². The molecule has 9 saturated heterocycles. The summed E-state index contributed by atoms with van der Waals surface area (Å²) in [5.41, 5.74) is 0. The van der Waals surface area contributed by atoms with Crippen molar-refractivity contribution < 1.29 is 0 Å². The monoisotopic (exact) mass is 570 g/mol. The van der Waals surface area contributed by atoms with Gasteiger partial charge in [0.1, 0.15) is 0 Å². The molecular formula is C29H54N12. The van der Waals surface area contributed by atoms with Gasteiger partial charge in [-0.2, -0.15) is 0 Å². The molecule has 0 amide bonds. The standard InChI is InChI=1S/C29H54N12/c1-41-28-17-5-9-33-13-21(17)29(41)39-24-16-4-8-31-11-19(16)26(38-24)35-22-14-2-6-30-10-18(14)25(34-22)36-23-15-3-7-32-12-20(15)27(37-23)40-28/h14-40H,2-13H2,1H3. The molecule has 0 aromatic carbocycles. The van der Waals surface area contributed by atoms with Gasteiger partial charge >= 0.3 is 0 Å². The Kier molecular flexibility index (Phi) is 7.11. The fraction of sp³-hybridized carbons (Fsp3) is 1.00. The highest BCUT2D eigenvalue weighted by Gasteiger charge is 2.55. The second kappa shape index (κ2) is 10.8. The molecule has 11 N–H and O–H groups in total. The smallest absolute Gasteiger partial charge is 0.0664 e. The molecule has 0 aliphatic carbocycles. The van der Waals surface area contributed by atoms with Crippen molar-refractivity contribution >= 4 is 0 Å².